The summed E-state index contributed by atoms with van der Waals surface area (Å²) >= 11 is 0. The lowest BCUT2D eigenvalue weighted by Crippen LogP contribution is -2.28. The molecule has 2 N–H and O–H groups in total. The van der Waals surface area contributed by atoms with Gasteiger partial charge in [0.05, 0.1) is 6.21 Å². The van der Waals surface area contributed by atoms with Gasteiger partial charge in [0.15, 0.2) is 0 Å². The zero-order chi connectivity index (χ0) is 22.1. The predicted octanol–water partition coefficient (Wildman–Crippen LogP) is 4.27. The molecule has 0 saturated carbocycles. The lowest BCUT2D eigenvalue weighted by atomic mass is 10.0. The van der Waals surface area contributed by atoms with E-state index in [1.54, 1.807) is 30.5 Å². The number of nitrogens with one attached hydrogen (secondary N) is 2. The molecule has 1 aliphatic heterocycles. The Kier molecular flexibility index (Phi) is 8.04. The SMILES string of the molecule is CCCNN=Cc1ccc(C(=O)Nc2ccc3c(c2)CCC(OC(=O)CCC)O3)cc1. The maximum absolute atomic E-state index is 12.6. The number of hydrogen-bond acceptors (Lipinski definition) is 6. The summed E-state index contributed by atoms with van der Waals surface area (Å²) in [4.78, 5) is 24.3. The standard InChI is InChI=1S/C24H29N3O4/c1-3-5-22(28)31-23-13-10-19-15-20(11-12-21(19)30-23)27-24(29)18-8-6-17(7-9-18)16-26-25-14-4-2/h6-9,11-12,15-16,23,25H,3-5,10,13-14H2,1-2H3,(H,27,29). The second kappa shape index (κ2) is 11.2. The maximum Gasteiger partial charge on any atom is 0.308 e. The minimum atomic E-state index is -0.550. The number of carbonyl (C=O) groups excluding carboxylic acids is 2. The van der Waals surface area contributed by atoms with Gasteiger partial charge in [-0.05, 0) is 60.7 Å². The van der Waals surface area contributed by atoms with Gasteiger partial charge in [-0.25, -0.2) is 0 Å². The van der Waals surface area contributed by atoms with Crippen LogP contribution in [0, 0.1) is 0 Å². The average Bonchev–Trinajstić information content (AvgIpc) is 2.77. The maximum atomic E-state index is 12.6. The van der Waals surface area contributed by atoms with Crippen molar-refractivity contribution >= 4 is 23.8 Å². The van der Waals surface area contributed by atoms with E-state index in [1.807, 2.05) is 25.1 Å². The van der Waals surface area contributed by atoms with Gasteiger partial charge >= 0.3 is 5.97 Å². The molecule has 1 aliphatic rings. The monoisotopic (exact) mass is 423 g/mol. The van der Waals surface area contributed by atoms with E-state index in [9.17, 15) is 9.59 Å². The highest BCUT2D eigenvalue weighted by Gasteiger charge is 2.23. The first-order valence-corrected chi connectivity index (χ1v) is 10.8. The average molecular weight is 424 g/mol. The molecular formula is C24H29N3O4. The fourth-order valence-electron chi connectivity index (χ4n) is 3.15. The molecule has 3 rings (SSSR count). The van der Waals surface area contributed by atoms with Crippen molar-refractivity contribution in [2.45, 2.75) is 52.2 Å². The summed E-state index contributed by atoms with van der Waals surface area (Å²) in [7, 11) is 0. The van der Waals surface area contributed by atoms with Crippen LogP contribution in [0.25, 0.3) is 0 Å². The first kappa shape index (κ1) is 22.3. The zero-order valence-electron chi connectivity index (χ0n) is 18.0. The number of esters is 1. The molecule has 0 aromatic heterocycles. The minimum absolute atomic E-state index is 0.185. The highest BCUT2D eigenvalue weighted by Crippen LogP contribution is 2.30. The largest absolute Gasteiger partial charge is 0.454 e. The van der Waals surface area contributed by atoms with Crippen LogP contribution < -0.4 is 15.5 Å². The Morgan fingerprint density at radius 3 is 2.71 bits per heavy atom. The van der Waals surface area contributed by atoms with Crippen molar-refractivity contribution in [3.63, 3.8) is 0 Å². The number of rotatable bonds is 9. The van der Waals surface area contributed by atoms with Crippen molar-refractivity contribution < 1.29 is 19.1 Å². The van der Waals surface area contributed by atoms with Gasteiger partial charge in [-0.15, -0.1) is 0 Å². The second-order valence-corrected chi connectivity index (χ2v) is 7.39. The van der Waals surface area contributed by atoms with Crippen molar-refractivity contribution in [2.75, 3.05) is 11.9 Å². The normalized spacial score (nSPS) is 15.1. The van der Waals surface area contributed by atoms with Crippen LogP contribution in [0.2, 0.25) is 0 Å². The molecule has 7 heteroatoms. The molecule has 0 radical (unpaired) electrons. The van der Waals surface area contributed by atoms with Gasteiger partial charge in [-0.2, -0.15) is 5.10 Å². The third-order valence-electron chi connectivity index (χ3n) is 4.78. The number of aryl methyl sites for hydroxylation is 1. The molecule has 1 unspecified atom stereocenters. The number of hydrazone groups is 1. The number of fused-ring (bicyclic) bond motifs is 1. The first-order chi connectivity index (χ1) is 15.1. The Hall–Kier alpha value is -3.35. The smallest absolute Gasteiger partial charge is 0.308 e. The lowest BCUT2D eigenvalue weighted by molar-refractivity contribution is -0.165. The van der Waals surface area contributed by atoms with Crippen molar-refractivity contribution in [3.8, 4) is 5.75 Å². The Morgan fingerprint density at radius 2 is 1.97 bits per heavy atom. The van der Waals surface area contributed by atoms with Crippen LogP contribution in [0.15, 0.2) is 47.6 Å². The first-order valence-electron chi connectivity index (χ1n) is 10.8. The molecule has 2 aromatic carbocycles. The molecule has 0 bridgehead atoms. The van der Waals surface area contributed by atoms with Crippen LogP contribution in [-0.2, 0) is 16.0 Å². The van der Waals surface area contributed by atoms with E-state index in [0.29, 0.717) is 36.3 Å². The molecule has 2 aromatic rings. The van der Waals surface area contributed by atoms with Crippen LogP contribution in [0.4, 0.5) is 5.69 Å². The molecule has 0 spiro atoms. The van der Waals surface area contributed by atoms with E-state index in [4.69, 9.17) is 9.47 Å². The molecule has 31 heavy (non-hydrogen) atoms. The van der Waals surface area contributed by atoms with Crippen LogP contribution in [0.1, 0.15) is 61.0 Å². The summed E-state index contributed by atoms with van der Waals surface area (Å²) in [6.45, 7) is 4.84. The number of hydrogen-bond donors (Lipinski definition) is 2. The molecule has 7 nitrogen and oxygen atoms in total. The van der Waals surface area contributed by atoms with Crippen LogP contribution in [-0.4, -0.2) is 30.9 Å². The molecule has 0 aliphatic carbocycles. The fraction of sp³-hybridized carbons (Fsp3) is 0.375. The van der Waals surface area contributed by atoms with Crippen molar-refractivity contribution in [1.82, 2.24) is 5.43 Å². The van der Waals surface area contributed by atoms with E-state index < -0.39 is 6.29 Å². The number of nitrogens with zero attached hydrogens (tertiary/aromatic N) is 1. The topological polar surface area (TPSA) is 89.0 Å². The summed E-state index contributed by atoms with van der Waals surface area (Å²) in [6, 6.07) is 12.7. The van der Waals surface area contributed by atoms with Crippen molar-refractivity contribution in [3.05, 3.63) is 59.2 Å². The number of anilines is 1. The Labute approximate surface area is 182 Å². The minimum Gasteiger partial charge on any atom is -0.454 e. The molecular weight excluding hydrogens is 394 g/mol. The van der Waals surface area contributed by atoms with E-state index in [-0.39, 0.29) is 11.9 Å². The predicted molar refractivity (Wildman–Crippen MR) is 120 cm³/mol. The quantitative estimate of drug-likeness (QED) is 0.272. The van der Waals surface area contributed by atoms with E-state index >= 15 is 0 Å². The number of benzene rings is 2. The second-order valence-electron chi connectivity index (χ2n) is 7.39. The Morgan fingerprint density at radius 1 is 1.16 bits per heavy atom. The third kappa shape index (κ3) is 6.57. The Balaban J connectivity index is 1.57. The summed E-state index contributed by atoms with van der Waals surface area (Å²) in [5.41, 5.74) is 6.11. The summed E-state index contributed by atoms with van der Waals surface area (Å²) in [5.74, 6) is 0.254. The van der Waals surface area contributed by atoms with Gasteiger partial charge < -0.3 is 20.2 Å². The van der Waals surface area contributed by atoms with Crippen molar-refractivity contribution in [1.29, 1.82) is 0 Å². The van der Waals surface area contributed by atoms with E-state index in [2.05, 4.69) is 22.8 Å². The van der Waals surface area contributed by atoms with Crippen LogP contribution in [0.3, 0.4) is 0 Å². The molecule has 0 fully saturated rings. The molecule has 1 amide bonds. The van der Waals surface area contributed by atoms with Gasteiger partial charge in [0.2, 0.25) is 6.29 Å². The molecule has 1 atom stereocenters. The van der Waals surface area contributed by atoms with Gasteiger partial charge in [0, 0.05) is 30.6 Å². The van der Waals surface area contributed by atoms with Gasteiger partial charge in [0.25, 0.3) is 5.91 Å². The summed E-state index contributed by atoms with van der Waals surface area (Å²) in [6.07, 6.45) is 4.63. The van der Waals surface area contributed by atoms with Gasteiger partial charge in [0.1, 0.15) is 5.75 Å². The summed E-state index contributed by atoms with van der Waals surface area (Å²) < 4.78 is 11.1. The number of ether oxygens (including phenoxy) is 2. The highest BCUT2D eigenvalue weighted by atomic mass is 16.7. The van der Waals surface area contributed by atoms with Gasteiger partial charge in [-0.1, -0.05) is 26.0 Å². The van der Waals surface area contributed by atoms with Crippen molar-refractivity contribution in [2.24, 2.45) is 5.10 Å². The third-order valence-corrected chi connectivity index (χ3v) is 4.78. The number of amides is 1. The number of carbonyl (C=O) groups is 2. The zero-order valence-corrected chi connectivity index (χ0v) is 18.0. The fourth-order valence-corrected chi connectivity index (χ4v) is 3.15. The summed E-state index contributed by atoms with van der Waals surface area (Å²) in [5, 5.41) is 7.05. The van der Waals surface area contributed by atoms with Crippen LogP contribution >= 0.6 is 0 Å². The lowest BCUT2D eigenvalue weighted by Gasteiger charge is -2.26. The van der Waals surface area contributed by atoms with E-state index in [0.717, 1.165) is 30.5 Å². The Bertz CT molecular complexity index is 925. The molecule has 1 heterocycles. The highest BCUT2D eigenvalue weighted by molar-refractivity contribution is 6.04. The van der Waals surface area contributed by atoms with Crippen LogP contribution in [0.5, 0.6) is 5.75 Å². The molecule has 164 valence electrons. The molecule has 0 saturated heterocycles. The van der Waals surface area contributed by atoms with Gasteiger partial charge in [-0.3, -0.25) is 9.59 Å². The van der Waals surface area contributed by atoms with E-state index in [1.165, 1.54) is 0 Å².